The zero-order valence-electron chi connectivity index (χ0n) is 8.85. The lowest BCUT2D eigenvalue weighted by Crippen LogP contribution is -2.02. The van der Waals surface area contributed by atoms with E-state index < -0.39 is 0 Å². The average molecular weight is 254 g/mol. The molecule has 0 radical (unpaired) electrons. The Morgan fingerprint density at radius 1 is 1.19 bits per heavy atom. The van der Waals surface area contributed by atoms with Crippen molar-refractivity contribution in [3.8, 4) is 11.4 Å². The highest BCUT2D eigenvalue weighted by Gasteiger charge is 2.13. The Morgan fingerprint density at radius 2 is 2.00 bits per heavy atom. The molecule has 2 heterocycles. The molecular weight excluding hydrogens is 240 g/mol. The maximum absolute atomic E-state index is 5.60. The van der Waals surface area contributed by atoms with Crippen LogP contribution in [0.25, 0.3) is 11.4 Å². The molecule has 4 nitrogen and oxygen atoms in total. The normalized spacial score (nSPS) is 10.9. The zero-order chi connectivity index (χ0) is 11.4. The predicted molar refractivity (Wildman–Crippen MR) is 68.7 cm³/mol. The van der Waals surface area contributed by atoms with Crippen molar-refractivity contribution in [3.63, 3.8) is 0 Å². The van der Waals surface area contributed by atoms with E-state index in [2.05, 4.69) is 9.97 Å². The Balaban J connectivity index is 2.34. The van der Waals surface area contributed by atoms with Gasteiger partial charge in [-0.3, -0.25) is 0 Å². The third-order valence-corrected chi connectivity index (χ3v) is 3.91. The molecule has 0 amide bonds. The molecule has 0 atom stereocenters. The van der Waals surface area contributed by atoms with Crippen LogP contribution in [0.2, 0.25) is 0 Å². The number of nitrogens with zero attached hydrogens (tertiary/aromatic N) is 2. The van der Waals surface area contributed by atoms with Crippen LogP contribution in [0.4, 0.5) is 0 Å². The second-order valence-corrected chi connectivity index (χ2v) is 5.22. The van der Waals surface area contributed by atoms with Crippen molar-refractivity contribution < 1.29 is 0 Å². The minimum atomic E-state index is 0.631. The van der Waals surface area contributed by atoms with Crippen LogP contribution in [0, 0.1) is 0 Å². The maximum atomic E-state index is 5.60. The first kappa shape index (κ1) is 11.7. The van der Waals surface area contributed by atoms with Crippen LogP contribution < -0.4 is 11.5 Å². The van der Waals surface area contributed by atoms with Gasteiger partial charge in [0.1, 0.15) is 11.4 Å². The molecule has 0 aromatic carbocycles. The van der Waals surface area contributed by atoms with Crippen molar-refractivity contribution in [2.45, 2.75) is 12.8 Å². The fraction of sp³-hybridized carbons (Fsp3) is 0.400. The predicted octanol–water partition coefficient (Wildman–Crippen LogP) is 1.27. The summed E-state index contributed by atoms with van der Waals surface area (Å²) in [7, 11) is 0. The van der Waals surface area contributed by atoms with Crippen LogP contribution in [0.1, 0.15) is 9.88 Å². The summed E-state index contributed by atoms with van der Waals surface area (Å²) in [6.07, 6.45) is 1.68. The first-order valence-electron chi connectivity index (χ1n) is 5.12. The monoisotopic (exact) mass is 254 g/mol. The molecule has 0 aliphatic carbocycles. The highest BCUT2D eigenvalue weighted by Crippen LogP contribution is 2.28. The molecule has 4 N–H and O–H groups in total. The van der Waals surface area contributed by atoms with Gasteiger partial charge in [0.2, 0.25) is 0 Å². The van der Waals surface area contributed by atoms with E-state index in [0.717, 1.165) is 29.2 Å². The van der Waals surface area contributed by atoms with Crippen LogP contribution in [0.15, 0.2) is 10.9 Å². The molecule has 6 heteroatoms. The summed E-state index contributed by atoms with van der Waals surface area (Å²) in [4.78, 5) is 10.1. The van der Waals surface area contributed by atoms with Crippen molar-refractivity contribution >= 4 is 22.7 Å². The van der Waals surface area contributed by atoms with Gasteiger partial charge in [0, 0.05) is 16.7 Å². The van der Waals surface area contributed by atoms with E-state index >= 15 is 0 Å². The fourth-order valence-corrected chi connectivity index (χ4v) is 3.11. The van der Waals surface area contributed by atoms with Crippen LogP contribution in [0.3, 0.4) is 0 Å². The molecule has 0 saturated heterocycles. The van der Waals surface area contributed by atoms with Gasteiger partial charge in [-0.15, -0.1) is 22.7 Å². The third kappa shape index (κ3) is 2.46. The van der Waals surface area contributed by atoms with E-state index in [1.165, 1.54) is 4.88 Å². The average Bonchev–Trinajstić information content (AvgIpc) is 2.87. The molecule has 2 rings (SSSR count). The number of aromatic nitrogens is 2. The lowest BCUT2D eigenvalue weighted by Gasteiger charge is -1.95. The van der Waals surface area contributed by atoms with Gasteiger partial charge in [-0.2, -0.15) is 0 Å². The SMILES string of the molecule is NCCc1nc(-c2cscn2)c(CCN)s1. The molecule has 0 aliphatic heterocycles. The van der Waals surface area contributed by atoms with Crippen LogP contribution in [-0.4, -0.2) is 23.1 Å². The van der Waals surface area contributed by atoms with Crippen LogP contribution in [0.5, 0.6) is 0 Å². The van der Waals surface area contributed by atoms with Gasteiger partial charge < -0.3 is 11.5 Å². The van der Waals surface area contributed by atoms with E-state index in [4.69, 9.17) is 11.5 Å². The van der Waals surface area contributed by atoms with Crippen molar-refractivity contribution in [1.82, 2.24) is 9.97 Å². The van der Waals surface area contributed by atoms with E-state index in [1.807, 2.05) is 10.9 Å². The highest BCUT2D eigenvalue weighted by atomic mass is 32.1. The van der Waals surface area contributed by atoms with Crippen molar-refractivity contribution in [1.29, 1.82) is 0 Å². The Bertz CT molecular complexity index is 436. The Labute approximate surface area is 102 Å². The summed E-state index contributed by atoms with van der Waals surface area (Å²) in [5.41, 5.74) is 14.9. The summed E-state index contributed by atoms with van der Waals surface area (Å²) >= 11 is 3.28. The first-order valence-corrected chi connectivity index (χ1v) is 6.88. The molecule has 0 bridgehead atoms. The first-order chi connectivity index (χ1) is 7.85. The summed E-state index contributed by atoms with van der Waals surface area (Å²) in [5, 5.41) is 3.09. The number of hydrogen-bond donors (Lipinski definition) is 2. The number of hydrogen-bond acceptors (Lipinski definition) is 6. The van der Waals surface area contributed by atoms with Gasteiger partial charge in [0.25, 0.3) is 0 Å². The van der Waals surface area contributed by atoms with E-state index in [9.17, 15) is 0 Å². The summed E-state index contributed by atoms with van der Waals surface area (Å²) < 4.78 is 0. The standard InChI is InChI=1S/C10H14N4S2/c11-3-1-8-10(7-5-15-6-13-7)14-9(16-8)2-4-12/h5-6H,1-4,11-12H2. The van der Waals surface area contributed by atoms with Gasteiger partial charge in [-0.1, -0.05) is 0 Å². The number of nitrogens with two attached hydrogens (primary N) is 2. The van der Waals surface area contributed by atoms with Crippen molar-refractivity contribution in [2.75, 3.05) is 13.1 Å². The quantitative estimate of drug-likeness (QED) is 0.842. The lowest BCUT2D eigenvalue weighted by molar-refractivity contribution is 0.950. The van der Waals surface area contributed by atoms with E-state index in [0.29, 0.717) is 13.1 Å². The maximum Gasteiger partial charge on any atom is 0.104 e. The van der Waals surface area contributed by atoms with Gasteiger partial charge in [0.15, 0.2) is 0 Å². The minimum Gasteiger partial charge on any atom is -0.330 e. The summed E-state index contributed by atoms with van der Waals surface area (Å²) in [6, 6.07) is 0. The molecule has 0 saturated carbocycles. The van der Waals surface area contributed by atoms with Gasteiger partial charge in [0.05, 0.1) is 10.5 Å². The topological polar surface area (TPSA) is 77.8 Å². The molecule has 16 heavy (non-hydrogen) atoms. The molecule has 2 aromatic heterocycles. The highest BCUT2D eigenvalue weighted by molar-refractivity contribution is 7.12. The van der Waals surface area contributed by atoms with Gasteiger partial charge in [-0.25, -0.2) is 9.97 Å². The second kappa shape index (κ2) is 5.49. The Morgan fingerprint density at radius 3 is 2.62 bits per heavy atom. The van der Waals surface area contributed by atoms with Crippen molar-refractivity contribution in [2.24, 2.45) is 11.5 Å². The van der Waals surface area contributed by atoms with E-state index in [1.54, 1.807) is 22.7 Å². The zero-order valence-corrected chi connectivity index (χ0v) is 10.5. The molecule has 86 valence electrons. The molecule has 2 aromatic rings. The molecule has 0 aliphatic rings. The van der Waals surface area contributed by atoms with Crippen LogP contribution in [-0.2, 0) is 12.8 Å². The number of rotatable bonds is 5. The number of thiazole rings is 2. The van der Waals surface area contributed by atoms with Crippen LogP contribution >= 0.6 is 22.7 Å². The second-order valence-electron chi connectivity index (χ2n) is 3.33. The lowest BCUT2D eigenvalue weighted by atomic mass is 10.2. The van der Waals surface area contributed by atoms with Gasteiger partial charge in [-0.05, 0) is 19.5 Å². The molecule has 0 spiro atoms. The Hall–Kier alpha value is -0.820. The molecule has 0 unspecified atom stereocenters. The summed E-state index contributed by atoms with van der Waals surface area (Å²) in [6.45, 7) is 1.27. The smallest absolute Gasteiger partial charge is 0.104 e. The third-order valence-electron chi connectivity index (χ3n) is 2.15. The molecular formula is C10H14N4S2. The van der Waals surface area contributed by atoms with Crippen molar-refractivity contribution in [3.05, 3.63) is 20.8 Å². The minimum absolute atomic E-state index is 0.631. The molecule has 0 fully saturated rings. The van der Waals surface area contributed by atoms with Gasteiger partial charge >= 0.3 is 0 Å². The Kier molecular flexibility index (Phi) is 4.00. The van der Waals surface area contributed by atoms with E-state index in [-0.39, 0.29) is 0 Å². The largest absolute Gasteiger partial charge is 0.330 e. The summed E-state index contributed by atoms with van der Waals surface area (Å²) in [5.74, 6) is 0. The fourth-order valence-electron chi connectivity index (χ4n) is 1.46.